The fourth-order valence-corrected chi connectivity index (χ4v) is 9.65. The molecule has 0 aromatic carbocycles. The van der Waals surface area contributed by atoms with Crippen molar-refractivity contribution < 1.29 is 37.2 Å². The Hall–Kier alpha value is 0.520. The van der Waals surface area contributed by atoms with Crippen LogP contribution in [0.2, 0.25) is 0 Å². The van der Waals surface area contributed by atoms with Crippen molar-refractivity contribution in [2.45, 2.75) is 23.8 Å². The second-order valence-corrected chi connectivity index (χ2v) is 18.4. The summed E-state index contributed by atoms with van der Waals surface area (Å²) in [5, 5.41) is -1.12. The maximum atomic E-state index is 12.6. The molecule has 0 heterocycles. The molecule has 0 aromatic rings. The Labute approximate surface area is 184 Å². The maximum absolute atomic E-state index is 12.6. The van der Waals surface area contributed by atoms with Crippen LogP contribution in [0.15, 0.2) is 12.7 Å². The van der Waals surface area contributed by atoms with Crippen LogP contribution in [0.5, 0.6) is 0 Å². The maximum Gasteiger partial charge on any atom is 0.320 e. The molecule has 2 atom stereocenters. The summed E-state index contributed by atoms with van der Waals surface area (Å²) in [4.78, 5) is 24.5. The van der Waals surface area contributed by atoms with Gasteiger partial charge >= 0.3 is 11.9 Å². The minimum absolute atomic E-state index is 0.0420. The van der Waals surface area contributed by atoms with Crippen LogP contribution in [-0.2, 0) is 60.8 Å². The van der Waals surface area contributed by atoms with E-state index in [0.717, 1.165) is 11.4 Å². The fraction of sp³-hybridized carbons (Fsp3) is 0.714. The molecule has 0 bridgehead atoms. The van der Waals surface area contributed by atoms with E-state index in [0.29, 0.717) is 0 Å². The highest BCUT2D eigenvalue weighted by molar-refractivity contribution is 8.68. The van der Waals surface area contributed by atoms with Gasteiger partial charge in [0.1, 0.15) is 18.5 Å². The second kappa shape index (κ2) is 14.5. The van der Waals surface area contributed by atoms with Crippen LogP contribution in [0.1, 0.15) is 13.3 Å². The van der Waals surface area contributed by atoms with E-state index in [1.54, 1.807) is 0 Å². The molecule has 0 radical (unpaired) electrons. The predicted octanol–water partition coefficient (Wildman–Crippen LogP) is 3.91. The van der Waals surface area contributed by atoms with Crippen LogP contribution in [0.4, 0.5) is 0 Å². The first kappa shape index (κ1) is 28.5. The van der Waals surface area contributed by atoms with Crippen LogP contribution in [0.25, 0.3) is 0 Å². The molecule has 0 aromatic heterocycles. The summed E-state index contributed by atoms with van der Waals surface area (Å²) in [6, 6.07) is 0. The Morgan fingerprint density at radius 2 is 1.50 bits per heavy atom. The van der Waals surface area contributed by atoms with Crippen molar-refractivity contribution in [3.63, 3.8) is 0 Å². The quantitative estimate of drug-likeness (QED) is 0.181. The first-order chi connectivity index (χ1) is 13.1. The third-order valence-corrected chi connectivity index (χ3v) is 14.8. The van der Waals surface area contributed by atoms with Crippen molar-refractivity contribution in [2.24, 2.45) is 0 Å². The standard InChI is InChI=1S/C14H26O8P2S4/c1-7-8-21-13(15)9-12(28-24(26,19-5)20-6)14(16)22-10-11(2)27-23(25,17-3)18-4/h7,11-12H,1,8-10H2,2-6H3. The number of hydrogen-bond donors (Lipinski definition) is 0. The van der Waals surface area contributed by atoms with Gasteiger partial charge in [-0.3, -0.25) is 9.59 Å². The number of rotatable bonds is 15. The Kier molecular flexibility index (Phi) is 14.8. The summed E-state index contributed by atoms with van der Waals surface area (Å²) in [6.45, 7) is 5.39. The van der Waals surface area contributed by atoms with Crippen molar-refractivity contribution in [1.82, 2.24) is 0 Å². The van der Waals surface area contributed by atoms with Crippen molar-refractivity contribution in [1.29, 1.82) is 0 Å². The van der Waals surface area contributed by atoms with Gasteiger partial charge < -0.3 is 27.6 Å². The molecule has 0 saturated heterocycles. The average molecular weight is 513 g/mol. The summed E-state index contributed by atoms with van der Waals surface area (Å²) >= 11 is 12.8. The van der Waals surface area contributed by atoms with Crippen LogP contribution in [0, 0.1) is 0 Å². The summed E-state index contributed by atoms with van der Waals surface area (Å²) < 4.78 is 31.1. The van der Waals surface area contributed by atoms with Gasteiger partial charge in [0, 0.05) is 33.7 Å². The summed E-state index contributed by atoms with van der Waals surface area (Å²) in [6.07, 6.45) is 1.19. The monoisotopic (exact) mass is 512 g/mol. The molecule has 0 rings (SSSR count). The van der Waals surface area contributed by atoms with Crippen LogP contribution < -0.4 is 0 Å². The second-order valence-electron chi connectivity index (χ2n) is 4.94. The molecule has 0 amide bonds. The van der Waals surface area contributed by atoms with Gasteiger partial charge in [-0.15, -0.1) is 0 Å². The van der Waals surface area contributed by atoms with E-state index < -0.39 is 28.6 Å². The Morgan fingerprint density at radius 3 is 1.96 bits per heavy atom. The molecule has 0 aliphatic heterocycles. The zero-order valence-corrected chi connectivity index (χ0v) is 21.4. The number of carbonyl (C=O) groups is 2. The molecule has 2 unspecified atom stereocenters. The van der Waals surface area contributed by atoms with Crippen LogP contribution in [-0.4, -0.2) is 64.1 Å². The number of esters is 2. The molecule has 14 heteroatoms. The largest absolute Gasteiger partial charge is 0.464 e. The highest BCUT2D eigenvalue weighted by Crippen LogP contribution is 2.62. The zero-order chi connectivity index (χ0) is 21.8. The molecule has 28 heavy (non-hydrogen) atoms. The zero-order valence-electron chi connectivity index (χ0n) is 16.4. The molecular formula is C14H26O8P2S4. The van der Waals surface area contributed by atoms with Gasteiger partial charge in [0.2, 0.25) is 11.4 Å². The molecule has 0 aliphatic rings. The van der Waals surface area contributed by atoms with Crippen LogP contribution >= 0.6 is 34.2 Å². The van der Waals surface area contributed by atoms with E-state index in [9.17, 15) is 9.59 Å². The SMILES string of the molecule is C=CCOC(=O)CC(SP(=S)(OC)OC)C(=O)OCC(C)SP(=S)(OC)OC. The lowest BCUT2D eigenvalue weighted by Crippen LogP contribution is -2.26. The molecule has 0 aliphatic carbocycles. The number of hydrogen-bond acceptors (Lipinski definition) is 12. The number of carbonyl (C=O) groups excluding carboxylic acids is 2. The first-order valence-corrected chi connectivity index (χ1v) is 16.1. The Bertz CT molecular complexity index is 602. The van der Waals surface area contributed by atoms with Gasteiger partial charge in [-0.05, 0) is 30.5 Å². The van der Waals surface area contributed by atoms with E-state index in [1.165, 1.54) is 45.9 Å². The lowest BCUT2D eigenvalue weighted by molar-refractivity contribution is -0.149. The molecule has 0 spiro atoms. The minimum atomic E-state index is -2.80. The topological polar surface area (TPSA) is 89.5 Å². The normalized spacial score (nSPS) is 14.2. The average Bonchev–Trinajstić information content (AvgIpc) is 2.69. The molecule has 164 valence electrons. The Morgan fingerprint density at radius 1 is 1.00 bits per heavy atom. The van der Waals surface area contributed by atoms with E-state index in [-0.39, 0.29) is 24.9 Å². The highest BCUT2D eigenvalue weighted by atomic mass is 32.9. The van der Waals surface area contributed by atoms with Crippen molar-refractivity contribution in [3.8, 4) is 0 Å². The van der Waals surface area contributed by atoms with Crippen molar-refractivity contribution in [3.05, 3.63) is 12.7 Å². The van der Waals surface area contributed by atoms with Gasteiger partial charge in [-0.25, -0.2) is 0 Å². The minimum Gasteiger partial charge on any atom is -0.464 e. The molecule has 0 saturated carbocycles. The third kappa shape index (κ3) is 11.1. The third-order valence-electron chi connectivity index (χ3n) is 2.90. The van der Waals surface area contributed by atoms with Gasteiger partial charge in [-0.2, -0.15) is 0 Å². The lowest BCUT2D eigenvalue weighted by atomic mass is 10.3. The smallest absolute Gasteiger partial charge is 0.320 e. The van der Waals surface area contributed by atoms with Gasteiger partial charge in [0.15, 0.2) is 0 Å². The van der Waals surface area contributed by atoms with Gasteiger partial charge in [0.25, 0.3) is 0 Å². The molecule has 0 fully saturated rings. The summed E-state index contributed by atoms with van der Waals surface area (Å²) in [5.74, 6) is -1.21. The molecular weight excluding hydrogens is 486 g/mol. The van der Waals surface area contributed by atoms with E-state index >= 15 is 0 Å². The summed E-state index contributed by atoms with van der Waals surface area (Å²) in [7, 11) is 5.72. The highest BCUT2D eigenvalue weighted by Gasteiger charge is 2.33. The van der Waals surface area contributed by atoms with Gasteiger partial charge in [0.05, 0.1) is 6.42 Å². The lowest BCUT2D eigenvalue weighted by Gasteiger charge is -2.23. The van der Waals surface area contributed by atoms with Crippen molar-refractivity contribution >= 4 is 69.7 Å². The number of ether oxygens (including phenoxy) is 2. The Balaban J connectivity index is 5.04. The van der Waals surface area contributed by atoms with E-state index in [4.69, 9.17) is 51.2 Å². The molecule has 0 N–H and O–H groups in total. The van der Waals surface area contributed by atoms with Crippen LogP contribution in [0.3, 0.4) is 0 Å². The fourth-order valence-electron chi connectivity index (χ4n) is 1.55. The van der Waals surface area contributed by atoms with Gasteiger partial charge in [-0.1, -0.05) is 35.4 Å². The molecule has 8 nitrogen and oxygen atoms in total. The summed E-state index contributed by atoms with van der Waals surface area (Å²) in [5.41, 5.74) is -5.28. The predicted molar refractivity (Wildman–Crippen MR) is 122 cm³/mol. The van der Waals surface area contributed by atoms with Crippen molar-refractivity contribution in [2.75, 3.05) is 41.7 Å². The van der Waals surface area contributed by atoms with E-state index in [1.807, 2.05) is 6.92 Å². The first-order valence-electron chi connectivity index (χ1n) is 7.81. The van der Waals surface area contributed by atoms with E-state index in [2.05, 4.69) is 6.58 Å².